The summed E-state index contributed by atoms with van der Waals surface area (Å²) >= 11 is 1.61. The number of aromatic nitrogens is 2. The van der Waals surface area contributed by atoms with Crippen molar-refractivity contribution < 1.29 is 9.63 Å². The molecule has 1 saturated carbocycles. The lowest BCUT2D eigenvalue weighted by atomic mass is 9.86. The SMILES string of the molecule is OC1CCCCC1c1nc(-c2ccsc2)no1. The number of nitrogens with zero attached hydrogens (tertiary/aromatic N) is 2. The van der Waals surface area contributed by atoms with Gasteiger partial charge in [0.1, 0.15) is 0 Å². The second-order valence-electron chi connectivity index (χ2n) is 4.43. The quantitative estimate of drug-likeness (QED) is 0.890. The second kappa shape index (κ2) is 4.58. The second-order valence-corrected chi connectivity index (χ2v) is 5.21. The minimum absolute atomic E-state index is 0.0173. The predicted molar refractivity (Wildman–Crippen MR) is 64.8 cm³/mol. The Kier molecular flexibility index (Phi) is 2.94. The number of aliphatic hydroxyl groups excluding tert-OH is 1. The van der Waals surface area contributed by atoms with Gasteiger partial charge in [-0.15, -0.1) is 0 Å². The summed E-state index contributed by atoms with van der Waals surface area (Å²) in [5.41, 5.74) is 0.982. The first kappa shape index (κ1) is 10.9. The fourth-order valence-electron chi connectivity index (χ4n) is 2.29. The maximum Gasteiger partial charge on any atom is 0.232 e. The van der Waals surface area contributed by atoms with Gasteiger partial charge in [0.05, 0.1) is 12.0 Å². The Morgan fingerprint density at radius 1 is 1.35 bits per heavy atom. The van der Waals surface area contributed by atoms with Crippen molar-refractivity contribution in [2.45, 2.75) is 37.7 Å². The number of hydrogen-bond donors (Lipinski definition) is 1. The van der Waals surface area contributed by atoms with Crippen LogP contribution in [-0.4, -0.2) is 21.4 Å². The van der Waals surface area contributed by atoms with Crippen LogP contribution in [0.5, 0.6) is 0 Å². The molecule has 3 rings (SSSR count). The zero-order chi connectivity index (χ0) is 11.7. The van der Waals surface area contributed by atoms with Crippen LogP contribution in [0.3, 0.4) is 0 Å². The molecule has 5 heteroatoms. The van der Waals surface area contributed by atoms with Gasteiger partial charge in [-0.25, -0.2) is 0 Å². The van der Waals surface area contributed by atoms with Crippen molar-refractivity contribution in [3.05, 3.63) is 22.7 Å². The molecule has 4 nitrogen and oxygen atoms in total. The fourth-order valence-corrected chi connectivity index (χ4v) is 2.93. The maximum atomic E-state index is 9.94. The third-order valence-electron chi connectivity index (χ3n) is 3.27. The lowest BCUT2D eigenvalue weighted by molar-refractivity contribution is 0.0908. The summed E-state index contributed by atoms with van der Waals surface area (Å²) in [6.45, 7) is 0. The molecule has 0 bridgehead atoms. The molecule has 0 saturated heterocycles. The summed E-state index contributed by atoms with van der Waals surface area (Å²) in [5.74, 6) is 1.22. The summed E-state index contributed by atoms with van der Waals surface area (Å²) in [6.07, 6.45) is 3.65. The topological polar surface area (TPSA) is 59.2 Å². The van der Waals surface area contributed by atoms with Crippen LogP contribution in [0.25, 0.3) is 11.4 Å². The first-order chi connectivity index (χ1) is 8.34. The van der Waals surface area contributed by atoms with Crippen LogP contribution < -0.4 is 0 Å². The molecule has 2 aromatic rings. The van der Waals surface area contributed by atoms with E-state index < -0.39 is 0 Å². The molecule has 1 aliphatic carbocycles. The van der Waals surface area contributed by atoms with Crippen LogP contribution in [0.15, 0.2) is 21.3 Å². The Bertz CT molecular complexity index is 480. The number of hydrogen-bond acceptors (Lipinski definition) is 5. The Labute approximate surface area is 103 Å². The molecule has 90 valence electrons. The highest BCUT2D eigenvalue weighted by Gasteiger charge is 2.29. The van der Waals surface area contributed by atoms with Crippen LogP contribution >= 0.6 is 11.3 Å². The molecular formula is C12H14N2O2S. The van der Waals surface area contributed by atoms with Gasteiger partial charge >= 0.3 is 0 Å². The molecule has 2 atom stereocenters. The van der Waals surface area contributed by atoms with E-state index in [1.807, 2.05) is 16.8 Å². The van der Waals surface area contributed by atoms with Gasteiger partial charge in [-0.05, 0) is 24.3 Å². The Morgan fingerprint density at radius 3 is 3.00 bits per heavy atom. The molecule has 2 aromatic heterocycles. The van der Waals surface area contributed by atoms with E-state index in [2.05, 4.69) is 10.1 Å². The monoisotopic (exact) mass is 250 g/mol. The van der Waals surface area contributed by atoms with E-state index in [1.165, 1.54) is 0 Å². The van der Waals surface area contributed by atoms with Gasteiger partial charge in [0.2, 0.25) is 11.7 Å². The average molecular weight is 250 g/mol. The lowest BCUT2D eigenvalue weighted by Crippen LogP contribution is -2.22. The molecule has 0 amide bonds. The van der Waals surface area contributed by atoms with Crippen molar-refractivity contribution in [3.63, 3.8) is 0 Å². The highest BCUT2D eigenvalue weighted by atomic mass is 32.1. The standard InChI is InChI=1S/C12H14N2O2S/c15-10-4-2-1-3-9(10)12-13-11(14-16-12)8-5-6-17-7-8/h5-7,9-10,15H,1-4H2. The average Bonchev–Trinajstić information content (AvgIpc) is 3.00. The van der Waals surface area contributed by atoms with Gasteiger partial charge in [0.15, 0.2) is 0 Å². The Hall–Kier alpha value is -1.20. The third kappa shape index (κ3) is 2.12. The van der Waals surface area contributed by atoms with Gasteiger partial charge in [0, 0.05) is 10.9 Å². The molecule has 2 unspecified atom stereocenters. The zero-order valence-electron chi connectivity index (χ0n) is 9.37. The lowest BCUT2D eigenvalue weighted by Gasteiger charge is -2.24. The van der Waals surface area contributed by atoms with Crippen molar-refractivity contribution in [2.75, 3.05) is 0 Å². The summed E-state index contributed by atoms with van der Waals surface area (Å²) < 4.78 is 5.28. The minimum atomic E-state index is -0.334. The van der Waals surface area contributed by atoms with Crippen molar-refractivity contribution >= 4 is 11.3 Å². The summed E-state index contributed by atoms with van der Waals surface area (Å²) in [4.78, 5) is 4.40. The van der Waals surface area contributed by atoms with E-state index in [0.717, 1.165) is 31.2 Å². The maximum absolute atomic E-state index is 9.94. The van der Waals surface area contributed by atoms with E-state index in [1.54, 1.807) is 11.3 Å². The number of aliphatic hydroxyl groups is 1. The van der Waals surface area contributed by atoms with Crippen molar-refractivity contribution in [1.82, 2.24) is 10.1 Å². The molecule has 0 spiro atoms. The van der Waals surface area contributed by atoms with Gasteiger partial charge < -0.3 is 9.63 Å². The van der Waals surface area contributed by atoms with Gasteiger partial charge in [0.25, 0.3) is 0 Å². The molecule has 0 aliphatic heterocycles. The van der Waals surface area contributed by atoms with E-state index in [4.69, 9.17) is 4.52 Å². The van der Waals surface area contributed by atoms with Gasteiger partial charge in [-0.1, -0.05) is 18.0 Å². The molecule has 1 fully saturated rings. The molecule has 17 heavy (non-hydrogen) atoms. The zero-order valence-corrected chi connectivity index (χ0v) is 10.2. The van der Waals surface area contributed by atoms with Crippen molar-refractivity contribution in [3.8, 4) is 11.4 Å². The summed E-state index contributed by atoms with van der Waals surface area (Å²) in [7, 11) is 0. The molecule has 0 aromatic carbocycles. The fraction of sp³-hybridized carbons (Fsp3) is 0.500. The van der Waals surface area contributed by atoms with E-state index in [9.17, 15) is 5.11 Å². The van der Waals surface area contributed by atoms with E-state index in [0.29, 0.717) is 11.7 Å². The largest absolute Gasteiger partial charge is 0.392 e. The van der Waals surface area contributed by atoms with Crippen molar-refractivity contribution in [1.29, 1.82) is 0 Å². The van der Waals surface area contributed by atoms with E-state index in [-0.39, 0.29) is 12.0 Å². The molecule has 0 radical (unpaired) electrons. The first-order valence-electron chi connectivity index (χ1n) is 5.89. The normalized spacial score (nSPS) is 25.0. The molecule has 1 N–H and O–H groups in total. The molecular weight excluding hydrogens is 236 g/mol. The van der Waals surface area contributed by atoms with Crippen LogP contribution in [0, 0.1) is 0 Å². The van der Waals surface area contributed by atoms with Gasteiger partial charge in [-0.2, -0.15) is 16.3 Å². The third-order valence-corrected chi connectivity index (χ3v) is 3.95. The minimum Gasteiger partial charge on any atom is -0.392 e. The highest BCUT2D eigenvalue weighted by molar-refractivity contribution is 7.08. The van der Waals surface area contributed by atoms with Crippen LogP contribution in [0.2, 0.25) is 0 Å². The summed E-state index contributed by atoms with van der Waals surface area (Å²) in [6, 6.07) is 1.97. The number of thiophene rings is 1. The van der Waals surface area contributed by atoms with Crippen molar-refractivity contribution in [2.24, 2.45) is 0 Å². The smallest absolute Gasteiger partial charge is 0.232 e. The molecule has 1 aliphatic rings. The molecule has 2 heterocycles. The van der Waals surface area contributed by atoms with Gasteiger partial charge in [-0.3, -0.25) is 0 Å². The summed E-state index contributed by atoms with van der Waals surface area (Å²) in [5, 5.41) is 17.9. The highest BCUT2D eigenvalue weighted by Crippen LogP contribution is 2.33. The Balaban J connectivity index is 1.84. The van der Waals surface area contributed by atoms with Crippen LogP contribution in [0.1, 0.15) is 37.5 Å². The van der Waals surface area contributed by atoms with Crippen LogP contribution in [0.4, 0.5) is 0 Å². The first-order valence-corrected chi connectivity index (χ1v) is 6.83. The number of rotatable bonds is 2. The predicted octanol–water partition coefficient (Wildman–Crippen LogP) is 2.82. The van der Waals surface area contributed by atoms with E-state index >= 15 is 0 Å². The Morgan fingerprint density at radius 2 is 2.24 bits per heavy atom. The van der Waals surface area contributed by atoms with Crippen LogP contribution in [-0.2, 0) is 0 Å².